The predicted molar refractivity (Wildman–Crippen MR) is 83.5 cm³/mol. The van der Waals surface area contributed by atoms with Crippen LogP contribution in [0.5, 0.6) is 0 Å². The highest BCUT2D eigenvalue weighted by molar-refractivity contribution is 6.33. The van der Waals surface area contributed by atoms with Crippen LogP contribution in [0.3, 0.4) is 0 Å². The summed E-state index contributed by atoms with van der Waals surface area (Å²) in [4.78, 5) is 6.66. The van der Waals surface area contributed by atoms with Gasteiger partial charge in [0.15, 0.2) is 0 Å². The van der Waals surface area contributed by atoms with Gasteiger partial charge in [-0.15, -0.1) is 0 Å². The van der Waals surface area contributed by atoms with E-state index < -0.39 is 0 Å². The van der Waals surface area contributed by atoms with E-state index in [-0.39, 0.29) is 0 Å². The third kappa shape index (κ3) is 4.31. The summed E-state index contributed by atoms with van der Waals surface area (Å²) in [5.74, 6) is 1.15. The first kappa shape index (κ1) is 16.0. The summed E-state index contributed by atoms with van der Waals surface area (Å²) in [6.07, 6.45) is 1.54. The van der Waals surface area contributed by atoms with Crippen molar-refractivity contribution in [1.29, 1.82) is 5.26 Å². The quantitative estimate of drug-likeness (QED) is 0.905. The van der Waals surface area contributed by atoms with Crippen LogP contribution < -0.4 is 5.32 Å². The summed E-state index contributed by atoms with van der Waals surface area (Å²) in [7, 11) is 0. The molecule has 1 fully saturated rings. The van der Waals surface area contributed by atoms with Gasteiger partial charge in [0.25, 0.3) is 0 Å². The lowest BCUT2D eigenvalue weighted by Crippen LogP contribution is -2.49. The molecule has 0 aromatic carbocycles. The third-order valence-electron chi connectivity index (χ3n) is 3.73. The maximum Gasteiger partial charge on any atom is 0.144 e. The third-order valence-corrected chi connectivity index (χ3v) is 4.02. The van der Waals surface area contributed by atoms with Gasteiger partial charge in [-0.2, -0.15) is 5.26 Å². The monoisotopic (exact) mass is 308 g/mol. The molecule has 1 aliphatic rings. The zero-order valence-corrected chi connectivity index (χ0v) is 13.2. The number of ether oxygens (including phenoxy) is 1. The Balaban J connectivity index is 2.00. The number of hydrogen-bond acceptors (Lipinski definition) is 5. The SMILES string of the molecule is CC(C)C(CNc1ncc(C#N)cc1Cl)N1CCOCC1. The van der Waals surface area contributed by atoms with Crippen LogP contribution >= 0.6 is 11.6 Å². The number of halogens is 1. The molecule has 1 aliphatic heterocycles. The molecular formula is C15H21ClN4O. The summed E-state index contributed by atoms with van der Waals surface area (Å²) in [6, 6.07) is 4.07. The van der Waals surface area contributed by atoms with Gasteiger partial charge in [-0.05, 0) is 12.0 Å². The van der Waals surface area contributed by atoms with Crippen LogP contribution in [-0.2, 0) is 4.74 Å². The number of anilines is 1. The molecule has 1 atom stereocenters. The minimum Gasteiger partial charge on any atom is -0.379 e. The lowest BCUT2D eigenvalue weighted by molar-refractivity contribution is 0.00953. The Morgan fingerprint density at radius 1 is 1.48 bits per heavy atom. The van der Waals surface area contributed by atoms with Crippen molar-refractivity contribution in [2.24, 2.45) is 5.92 Å². The molecular weight excluding hydrogens is 288 g/mol. The molecule has 0 spiro atoms. The van der Waals surface area contributed by atoms with Gasteiger partial charge in [0.1, 0.15) is 11.9 Å². The number of hydrogen-bond donors (Lipinski definition) is 1. The molecule has 1 unspecified atom stereocenters. The predicted octanol–water partition coefficient (Wildman–Crippen LogP) is 2.38. The van der Waals surface area contributed by atoms with Gasteiger partial charge in [-0.1, -0.05) is 25.4 Å². The molecule has 0 bridgehead atoms. The van der Waals surface area contributed by atoms with Gasteiger partial charge in [-0.3, -0.25) is 4.90 Å². The molecule has 1 aromatic heterocycles. The normalized spacial score (nSPS) is 17.5. The molecule has 6 heteroatoms. The van der Waals surface area contributed by atoms with Crippen molar-refractivity contribution < 1.29 is 4.74 Å². The Kier molecular flexibility index (Phi) is 5.80. The Hall–Kier alpha value is -1.35. The summed E-state index contributed by atoms with van der Waals surface area (Å²) < 4.78 is 5.41. The Morgan fingerprint density at radius 2 is 2.19 bits per heavy atom. The first-order valence-corrected chi connectivity index (χ1v) is 7.61. The second kappa shape index (κ2) is 7.60. The smallest absolute Gasteiger partial charge is 0.144 e. The molecule has 1 saturated heterocycles. The number of rotatable bonds is 5. The van der Waals surface area contributed by atoms with Crippen molar-refractivity contribution in [3.8, 4) is 6.07 Å². The fourth-order valence-electron chi connectivity index (χ4n) is 2.53. The minimum atomic E-state index is 0.405. The highest BCUT2D eigenvalue weighted by atomic mass is 35.5. The van der Waals surface area contributed by atoms with Gasteiger partial charge in [0.05, 0.1) is 23.8 Å². The second-order valence-corrected chi connectivity index (χ2v) is 5.91. The average molecular weight is 309 g/mol. The fraction of sp³-hybridized carbons (Fsp3) is 0.600. The van der Waals surface area contributed by atoms with E-state index in [1.807, 2.05) is 6.07 Å². The number of nitrogens with one attached hydrogen (secondary N) is 1. The summed E-state index contributed by atoms with van der Waals surface area (Å²) in [6.45, 7) is 8.71. The van der Waals surface area contributed by atoms with Crippen LogP contribution in [0.4, 0.5) is 5.82 Å². The fourth-order valence-corrected chi connectivity index (χ4v) is 2.76. The van der Waals surface area contributed by atoms with E-state index in [4.69, 9.17) is 21.6 Å². The van der Waals surface area contributed by atoms with Crippen LogP contribution in [0.15, 0.2) is 12.3 Å². The molecule has 114 valence electrons. The van der Waals surface area contributed by atoms with Crippen LogP contribution in [0.25, 0.3) is 0 Å². The molecule has 21 heavy (non-hydrogen) atoms. The summed E-state index contributed by atoms with van der Waals surface area (Å²) in [5, 5.41) is 12.6. The number of aromatic nitrogens is 1. The Bertz CT molecular complexity index is 509. The van der Waals surface area contributed by atoms with Gasteiger partial charge < -0.3 is 10.1 Å². The van der Waals surface area contributed by atoms with E-state index in [1.165, 1.54) is 6.20 Å². The van der Waals surface area contributed by atoms with Crippen LogP contribution in [0, 0.1) is 17.2 Å². The standard InChI is InChI=1S/C15H21ClN4O/c1-11(2)14(20-3-5-21-6-4-20)10-19-15-13(16)7-12(8-17)9-18-15/h7,9,11,14H,3-6,10H2,1-2H3,(H,18,19). The maximum atomic E-state index is 8.83. The second-order valence-electron chi connectivity index (χ2n) is 5.51. The molecule has 2 rings (SSSR count). The highest BCUT2D eigenvalue weighted by Gasteiger charge is 2.23. The number of pyridine rings is 1. The minimum absolute atomic E-state index is 0.405. The number of nitrogens with zero attached hydrogens (tertiary/aromatic N) is 3. The van der Waals surface area contributed by atoms with Crippen molar-refractivity contribution in [1.82, 2.24) is 9.88 Å². The van der Waals surface area contributed by atoms with Gasteiger partial charge in [0.2, 0.25) is 0 Å². The summed E-state index contributed by atoms with van der Waals surface area (Å²) in [5.41, 5.74) is 0.471. The van der Waals surface area contributed by atoms with Crippen molar-refractivity contribution in [3.63, 3.8) is 0 Å². The van der Waals surface area contributed by atoms with Crippen LogP contribution in [0.2, 0.25) is 5.02 Å². The average Bonchev–Trinajstić information content (AvgIpc) is 2.49. The van der Waals surface area contributed by atoms with Crippen molar-refractivity contribution in [2.45, 2.75) is 19.9 Å². The van der Waals surface area contributed by atoms with Gasteiger partial charge >= 0.3 is 0 Å². The molecule has 0 aliphatic carbocycles. The molecule has 0 amide bonds. The van der Waals surface area contributed by atoms with Gasteiger partial charge in [-0.25, -0.2) is 4.98 Å². The Labute approximate surface area is 130 Å². The van der Waals surface area contributed by atoms with E-state index in [0.717, 1.165) is 32.8 Å². The molecule has 1 N–H and O–H groups in total. The maximum absolute atomic E-state index is 8.83. The van der Waals surface area contributed by atoms with E-state index >= 15 is 0 Å². The summed E-state index contributed by atoms with van der Waals surface area (Å²) >= 11 is 6.15. The van der Waals surface area contributed by atoms with Gasteiger partial charge in [0, 0.05) is 31.9 Å². The number of morpholine rings is 1. The van der Waals surface area contributed by atoms with Crippen molar-refractivity contribution in [3.05, 3.63) is 22.8 Å². The molecule has 2 heterocycles. The van der Waals surface area contributed by atoms with Crippen molar-refractivity contribution in [2.75, 3.05) is 38.2 Å². The molecule has 5 nitrogen and oxygen atoms in total. The molecule has 0 radical (unpaired) electrons. The Morgan fingerprint density at radius 3 is 2.76 bits per heavy atom. The first-order valence-electron chi connectivity index (χ1n) is 7.23. The van der Waals surface area contributed by atoms with E-state index in [0.29, 0.717) is 28.4 Å². The zero-order valence-electron chi connectivity index (χ0n) is 12.5. The highest BCUT2D eigenvalue weighted by Crippen LogP contribution is 2.21. The van der Waals surface area contributed by atoms with Crippen LogP contribution in [-0.4, -0.2) is 48.8 Å². The molecule has 1 aromatic rings. The van der Waals surface area contributed by atoms with Crippen molar-refractivity contribution >= 4 is 17.4 Å². The van der Waals surface area contributed by atoms with E-state index in [2.05, 4.69) is 29.0 Å². The molecule has 0 saturated carbocycles. The van der Waals surface area contributed by atoms with E-state index in [9.17, 15) is 0 Å². The number of nitriles is 1. The largest absolute Gasteiger partial charge is 0.379 e. The topological polar surface area (TPSA) is 61.2 Å². The first-order chi connectivity index (χ1) is 10.1. The lowest BCUT2D eigenvalue weighted by atomic mass is 10.0. The lowest BCUT2D eigenvalue weighted by Gasteiger charge is -2.37. The zero-order chi connectivity index (χ0) is 15.2. The van der Waals surface area contributed by atoms with Crippen LogP contribution in [0.1, 0.15) is 19.4 Å². The van der Waals surface area contributed by atoms with E-state index in [1.54, 1.807) is 6.07 Å².